The van der Waals surface area contributed by atoms with E-state index in [1.165, 1.54) is 23.1 Å². The summed E-state index contributed by atoms with van der Waals surface area (Å²) in [5.41, 5.74) is 1.75. The van der Waals surface area contributed by atoms with Gasteiger partial charge in [0.25, 0.3) is 5.91 Å². The van der Waals surface area contributed by atoms with Gasteiger partial charge in [-0.2, -0.15) is 0 Å². The lowest BCUT2D eigenvalue weighted by atomic mass is 10.00. The Morgan fingerprint density at radius 3 is 2.80 bits per heavy atom. The Labute approximate surface area is 172 Å². The van der Waals surface area contributed by atoms with E-state index < -0.39 is 17.8 Å². The summed E-state index contributed by atoms with van der Waals surface area (Å²) in [6, 6.07) is 11.2. The quantitative estimate of drug-likeness (QED) is 0.645. The molecule has 1 aromatic heterocycles. The molecule has 2 aliphatic rings. The number of piperidine rings is 1. The Kier molecular flexibility index (Phi) is 4.61. The normalized spacial score (nSPS) is 19.4. The molecule has 0 aliphatic carbocycles. The minimum atomic E-state index is -0.627. The van der Waals surface area contributed by atoms with Gasteiger partial charge in [0, 0.05) is 12.2 Å². The first-order chi connectivity index (χ1) is 14.6. The van der Waals surface area contributed by atoms with Crippen LogP contribution in [0.5, 0.6) is 0 Å². The van der Waals surface area contributed by atoms with E-state index in [0.29, 0.717) is 36.7 Å². The summed E-state index contributed by atoms with van der Waals surface area (Å²) in [5, 5.41) is 0. The van der Waals surface area contributed by atoms with E-state index in [-0.39, 0.29) is 18.2 Å². The number of para-hydroxylation sites is 2. The molecule has 0 spiro atoms. The Hall–Kier alpha value is -3.42. The van der Waals surface area contributed by atoms with Crippen molar-refractivity contribution >= 4 is 28.8 Å². The highest BCUT2D eigenvalue weighted by molar-refractivity contribution is 5.97. The summed E-state index contributed by atoms with van der Waals surface area (Å²) in [4.78, 5) is 32.8. The van der Waals surface area contributed by atoms with Gasteiger partial charge in [-0.1, -0.05) is 12.1 Å². The van der Waals surface area contributed by atoms with E-state index in [1.807, 2.05) is 24.3 Å². The molecule has 2 saturated heterocycles. The zero-order valence-corrected chi connectivity index (χ0v) is 16.2. The van der Waals surface area contributed by atoms with Crippen LogP contribution in [-0.4, -0.2) is 41.6 Å². The highest BCUT2D eigenvalue weighted by Gasteiger charge is 2.34. The molecule has 5 rings (SSSR count). The van der Waals surface area contributed by atoms with Crippen molar-refractivity contribution in [1.29, 1.82) is 0 Å². The van der Waals surface area contributed by atoms with Gasteiger partial charge in [-0.25, -0.2) is 14.2 Å². The summed E-state index contributed by atoms with van der Waals surface area (Å²) in [6.07, 6.45) is 1.94. The number of amides is 2. The van der Waals surface area contributed by atoms with Gasteiger partial charge in [0.1, 0.15) is 24.0 Å². The predicted octanol–water partition coefficient (Wildman–Crippen LogP) is 4.29. The first-order valence-electron chi connectivity index (χ1n) is 10.0. The molecule has 2 amide bonds. The third kappa shape index (κ3) is 3.18. The van der Waals surface area contributed by atoms with E-state index in [2.05, 4.69) is 4.98 Å². The number of aromatic nitrogens is 1. The summed E-state index contributed by atoms with van der Waals surface area (Å²) in [7, 11) is 0. The van der Waals surface area contributed by atoms with Crippen LogP contribution >= 0.6 is 0 Å². The SMILES string of the molecule is O=C1OCCN1c1ccc(F)c(C(=O)N2CCCCC2c2nc3ccccc3o2)c1. The number of ether oxygens (including phenoxy) is 1. The Morgan fingerprint density at radius 1 is 1.13 bits per heavy atom. The van der Waals surface area contributed by atoms with Gasteiger partial charge in [0.05, 0.1) is 12.1 Å². The van der Waals surface area contributed by atoms with Gasteiger partial charge < -0.3 is 14.1 Å². The number of hydrogen-bond acceptors (Lipinski definition) is 5. The number of oxazole rings is 1. The zero-order valence-electron chi connectivity index (χ0n) is 16.2. The second kappa shape index (κ2) is 7.44. The Bertz CT molecular complexity index is 1100. The van der Waals surface area contributed by atoms with Gasteiger partial charge in [0.15, 0.2) is 5.58 Å². The van der Waals surface area contributed by atoms with Crippen LogP contribution in [0.3, 0.4) is 0 Å². The monoisotopic (exact) mass is 409 g/mol. The van der Waals surface area contributed by atoms with Gasteiger partial charge in [-0.3, -0.25) is 9.69 Å². The molecule has 1 unspecified atom stereocenters. The summed E-state index contributed by atoms with van der Waals surface area (Å²) in [5.74, 6) is -0.601. The van der Waals surface area contributed by atoms with Crippen LogP contribution in [0.15, 0.2) is 46.9 Å². The van der Waals surface area contributed by atoms with Crippen molar-refractivity contribution < 1.29 is 23.1 Å². The number of rotatable bonds is 3. The number of carbonyl (C=O) groups excluding carboxylic acids is 2. The van der Waals surface area contributed by atoms with Crippen molar-refractivity contribution in [2.75, 3.05) is 24.6 Å². The average molecular weight is 409 g/mol. The van der Waals surface area contributed by atoms with Crippen LogP contribution in [0, 0.1) is 5.82 Å². The fourth-order valence-corrected chi connectivity index (χ4v) is 4.09. The minimum absolute atomic E-state index is 0.0739. The second-order valence-corrected chi connectivity index (χ2v) is 7.46. The number of likely N-dealkylation sites (tertiary alicyclic amines) is 1. The molecular weight excluding hydrogens is 389 g/mol. The molecule has 1 atom stereocenters. The van der Waals surface area contributed by atoms with Crippen molar-refractivity contribution in [3.8, 4) is 0 Å². The largest absolute Gasteiger partial charge is 0.447 e. The fourth-order valence-electron chi connectivity index (χ4n) is 4.09. The van der Waals surface area contributed by atoms with Crippen molar-refractivity contribution in [3.05, 3.63) is 59.7 Å². The standard InChI is InChI=1S/C22H20FN3O4/c23-16-9-8-14(25-11-12-29-22(25)28)13-15(16)21(27)26-10-4-3-6-18(26)20-24-17-5-1-2-7-19(17)30-20/h1-2,5,7-9,13,18H,3-4,6,10-12H2. The first kappa shape index (κ1) is 18.6. The lowest BCUT2D eigenvalue weighted by Crippen LogP contribution is -2.39. The van der Waals surface area contributed by atoms with Gasteiger partial charge in [-0.15, -0.1) is 0 Å². The highest BCUT2D eigenvalue weighted by atomic mass is 19.1. The number of carbonyl (C=O) groups is 2. The third-order valence-electron chi connectivity index (χ3n) is 5.61. The molecule has 30 heavy (non-hydrogen) atoms. The first-order valence-corrected chi connectivity index (χ1v) is 10.0. The van der Waals surface area contributed by atoms with E-state index in [1.54, 1.807) is 4.90 Å². The van der Waals surface area contributed by atoms with E-state index in [4.69, 9.17) is 9.15 Å². The third-order valence-corrected chi connectivity index (χ3v) is 5.61. The van der Waals surface area contributed by atoms with Gasteiger partial charge in [-0.05, 0) is 49.6 Å². The highest BCUT2D eigenvalue weighted by Crippen LogP contribution is 2.34. The number of halogens is 1. The lowest BCUT2D eigenvalue weighted by molar-refractivity contribution is 0.0569. The van der Waals surface area contributed by atoms with E-state index >= 15 is 0 Å². The van der Waals surface area contributed by atoms with Crippen LogP contribution in [0.25, 0.3) is 11.1 Å². The number of benzene rings is 2. The zero-order chi connectivity index (χ0) is 20.7. The molecule has 8 heteroatoms. The lowest BCUT2D eigenvalue weighted by Gasteiger charge is -2.34. The maximum absolute atomic E-state index is 14.6. The van der Waals surface area contributed by atoms with Gasteiger partial charge >= 0.3 is 6.09 Å². The van der Waals surface area contributed by atoms with Crippen LogP contribution in [0.2, 0.25) is 0 Å². The number of cyclic esters (lactones) is 1. The van der Waals surface area contributed by atoms with E-state index in [9.17, 15) is 14.0 Å². The van der Waals surface area contributed by atoms with Crippen LogP contribution in [-0.2, 0) is 4.74 Å². The summed E-state index contributed by atoms with van der Waals surface area (Å²) >= 11 is 0. The van der Waals surface area contributed by atoms with Crippen molar-refractivity contribution in [2.24, 2.45) is 0 Å². The molecular formula is C22H20FN3O4. The Morgan fingerprint density at radius 2 is 2.00 bits per heavy atom. The van der Waals surface area contributed by atoms with Crippen LogP contribution < -0.4 is 4.90 Å². The molecule has 0 radical (unpaired) electrons. The molecule has 2 aliphatic heterocycles. The second-order valence-electron chi connectivity index (χ2n) is 7.46. The Balaban J connectivity index is 1.48. The maximum atomic E-state index is 14.6. The van der Waals surface area contributed by atoms with Gasteiger partial charge in [0.2, 0.25) is 5.89 Å². The molecule has 0 bridgehead atoms. The molecule has 3 heterocycles. The van der Waals surface area contributed by atoms with Crippen molar-refractivity contribution in [2.45, 2.75) is 25.3 Å². The molecule has 154 valence electrons. The maximum Gasteiger partial charge on any atom is 0.414 e. The molecule has 7 nitrogen and oxygen atoms in total. The molecule has 0 saturated carbocycles. The van der Waals surface area contributed by atoms with Crippen LogP contribution in [0.1, 0.15) is 41.6 Å². The number of anilines is 1. The molecule has 3 aromatic rings. The van der Waals surface area contributed by atoms with Crippen molar-refractivity contribution in [1.82, 2.24) is 9.88 Å². The summed E-state index contributed by atoms with van der Waals surface area (Å²) in [6.45, 7) is 1.12. The smallest absolute Gasteiger partial charge is 0.414 e. The summed E-state index contributed by atoms with van der Waals surface area (Å²) < 4.78 is 25.5. The average Bonchev–Trinajstić information content (AvgIpc) is 3.40. The predicted molar refractivity (Wildman–Crippen MR) is 107 cm³/mol. The fraction of sp³-hybridized carbons (Fsp3) is 0.318. The minimum Gasteiger partial charge on any atom is -0.447 e. The number of nitrogens with zero attached hydrogens (tertiary/aromatic N) is 3. The van der Waals surface area contributed by atoms with E-state index in [0.717, 1.165) is 18.4 Å². The molecule has 2 aromatic carbocycles. The van der Waals surface area contributed by atoms with Crippen molar-refractivity contribution in [3.63, 3.8) is 0 Å². The molecule has 0 N–H and O–H groups in total. The number of fused-ring (bicyclic) bond motifs is 1. The molecule has 2 fully saturated rings. The van der Waals surface area contributed by atoms with Crippen LogP contribution in [0.4, 0.5) is 14.9 Å². The number of hydrogen-bond donors (Lipinski definition) is 0. The topological polar surface area (TPSA) is 75.9 Å².